The Labute approximate surface area is 250 Å². The SMILES string of the molecule is CC(C)C(=O)N1CCC(Nc2cccc(Sc3ccc(C(=O)C=CN4CCOCC4)c(C(F)(F)F)c3C(F)(F)F)c2)CC1. The summed E-state index contributed by atoms with van der Waals surface area (Å²) >= 11 is 0.547. The van der Waals surface area contributed by atoms with Crippen molar-refractivity contribution in [2.45, 2.75) is 54.9 Å². The molecule has 2 aromatic carbocycles. The highest BCUT2D eigenvalue weighted by molar-refractivity contribution is 7.99. The largest absolute Gasteiger partial charge is 0.418 e. The van der Waals surface area contributed by atoms with Crippen molar-refractivity contribution >= 4 is 29.1 Å². The molecule has 2 aromatic rings. The number of likely N-dealkylation sites (tertiary alicyclic amines) is 1. The second-order valence-electron chi connectivity index (χ2n) is 10.7. The molecule has 0 aliphatic carbocycles. The monoisotopic (exact) mass is 629 g/mol. The molecule has 2 saturated heterocycles. The molecule has 13 heteroatoms. The van der Waals surface area contributed by atoms with Gasteiger partial charge in [-0.3, -0.25) is 9.59 Å². The van der Waals surface area contributed by atoms with Crippen LogP contribution in [-0.2, 0) is 21.9 Å². The fourth-order valence-electron chi connectivity index (χ4n) is 5.06. The number of hydrogen-bond donors (Lipinski definition) is 1. The first-order valence-corrected chi connectivity index (χ1v) is 14.7. The van der Waals surface area contributed by atoms with Crippen LogP contribution in [-0.4, -0.2) is 66.9 Å². The molecule has 43 heavy (non-hydrogen) atoms. The number of nitrogens with one attached hydrogen (secondary N) is 1. The molecule has 1 amide bonds. The van der Waals surface area contributed by atoms with Crippen LogP contribution in [0.2, 0.25) is 0 Å². The van der Waals surface area contributed by atoms with Crippen molar-refractivity contribution in [1.29, 1.82) is 0 Å². The van der Waals surface area contributed by atoms with Crippen LogP contribution in [0.1, 0.15) is 48.2 Å². The van der Waals surface area contributed by atoms with Crippen molar-refractivity contribution in [3.8, 4) is 0 Å². The van der Waals surface area contributed by atoms with Gasteiger partial charge in [-0.2, -0.15) is 26.3 Å². The zero-order valence-corrected chi connectivity index (χ0v) is 24.5. The van der Waals surface area contributed by atoms with Crippen molar-refractivity contribution in [2.24, 2.45) is 5.92 Å². The van der Waals surface area contributed by atoms with Crippen LogP contribution in [0.25, 0.3) is 0 Å². The number of halogens is 6. The number of amides is 1. The molecule has 1 N–H and O–H groups in total. The fourth-order valence-corrected chi connectivity index (χ4v) is 6.10. The molecule has 2 aliphatic rings. The number of carbonyl (C=O) groups excluding carboxylic acids is 2. The number of anilines is 1. The Morgan fingerprint density at radius 1 is 0.953 bits per heavy atom. The van der Waals surface area contributed by atoms with E-state index in [1.807, 2.05) is 13.8 Å². The Morgan fingerprint density at radius 3 is 2.21 bits per heavy atom. The lowest BCUT2D eigenvalue weighted by molar-refractivity contribution is -0.163. The maximum absolute atomic E-state index is 14.3. The Hall–Kier alpha value is -3.19. The summed E-state index contributed by atoms with van der Waals surface area (Å²) in [6.45, 7) is 6.38. The molecule has 0 saturated carbocycles. The third-order valence-corrected chi connectivity index (χ3v) is 8.26. The summed E-state index contributed by atoms with van der Waals surface area (Å²) in [7, 11) is 0. The molecule has 234 valence electrons. The highest BCUT2D eigenvalue weighted by Gasteiger charge is 2.47. The van der Waals surface area contributed by atoms with Gasteiger partial charge in [0, 0.05) is 71.5 Å². The van der Waals surface area contributed by atoms with E-state index < -0.39 is 39.7 Å². The number of ether oxygens (including phenoxy) is 1. The molecular formula is C30H33F6N3O3S. The van der Waals surface area contributed by atoms with Crippen molar-refractivity contribution in [3.05, 3.63) is 65.4 Å². The molecule has 0 spiro atoms. The van der Waals surface area contributed by atoms with E-state index in [0.717, 1.165) is 18.2 Å². The minimum atomic E-state index is -5.44. The second kappa shape index (κ2) is 13.6. The zero-order valence-electron chi connectivity index (χ0n) is 23.7. The summed E-state index contributed by atoms with van der Waals surface area (Å²) in [5.74, 6) is -1.19. The van der Waals surface area contributed by atoms with Crippen LogP contribution >= 0.6 is 11.8 Å². The van der Waals surface area contributed by atoms with Crippen LogP contribution in [0.3, 0.4) is 0 Å². The van der Waals surface area contributed by atoms with Gasteiger partial charge in [-0.15, -0.1) is 0 Å². The van der Waals surface area contributed by atoms with E-state index in [-0.39, 0.29) is 17.9 Å². The molecule has 4 rings (SSSR count). The van der Waals surface area contributed by atoms with Gasteiger partial charge in [-0.1, -0.05) is 31.7 Å². The highest BCUT2D eigenvalue weighted by atomic mass is 32.2. The van der Waals surface area contributed by atoms with Gasteiger partial charge in [-0.05, 0) is 43.2 Å². The zero-order chi connectivity index (χ0) is 31.4. The second-order valence-corrected chi connectivity index (χ2v) is 11.8. The lowest BCUT2D eigenvalue weighted by Crippen LogP contribution is -2.43. The Kier molecular flexibility index (Phi) is 10.4. The number of piperidine rings is 1. The first-order valence-electron chi connectivity index (χ1n) is 13.9. The average molecular weight is 630 g/mol. The first kappa shape index (κ1) is 32.7. The van der Waals surface area contributed by atoms with Gasteiger partial charge in [-0.25, -0.2) is 0 Å². The van der Waals surface area contributed by atoms with Gasteiger partial charge in [0.25, 0.3) is 0 Å². The lowest BCUT2D eigenvalue weighted by Gasteiger charge is -2.34. The van der Waals surface area contributed by atoms with Crippen LogP contribution < -0.4 is 5.32 Å². The topological polar surface area (TPSA) is 61.9 Å². The van der Waals surface area contributed by atoms with Gasteiger partial charge < -0.3 is 19.9 Å². The number of allylic oxidation sites excluding steroid dienone is 1. The van der Waals surface area contributed by atoms with Crippen LogP contribution in [0.4, 0.5) is 32.0 Å². The summed E-state index contributed by atoms with van der Waals surface area (Å²) in [5, 5.41) is 3.32. The van der Waals surface area contributed by atoms with Gasteiger partial charge in [0.1, 0.15) is 0 Å². The average Bonchev–Trinajstić information content (AvgIpc) is 2.95. The summed E-state index contributed by atoms with van der Waals surface area (Å²) in [6.07, 6.45) is -7.31. The van der Waals surface area contributed by atoms with E-state index in [2.05, 4.69) is 5.32 Å². The van der Waals surface area contributed by atoms with Gasteiger partial charge in [0.15, 0.2) is 5.78 Å². The number of benzene rings is 2. The van der Waals surface area contributed by atoms with Crippen molar-refractivity contribution in [3.63, 3.8) is 0 Å². The van der Waals surface area contributed by atoms with Crippen molar-refractivity contribution in [1.82, 2.24) is 9.80 Å². The Morgan fingerprint density at radius 2 is 1.60 bits per heavy atom. The predicted octanol–water partition coefficient (Wildman–Crippen LogP) is 6.96. The molecule has 0 unspecified atom stereocenters. The Balaban J connectivity index is 1.57. The molecule has 2 aliphatic heterocycles. The quantitative estimate of drug-likeness (QED) is 0.194. The summed E-state index contributed by atoms with van der Waals surface area (Å²) < 4.78 is 90.7. The van der Waals surface area contributed by atoms with E-state index in [4.69, 9.17) is 4.74 Å². The van der Waals surface area contributed by atoms with Crippen LogP contribution in [0.15, 0.2) is 58.5 Å². The third-order valence-electron chi connectivity index (χ3n) is 7.22. The fraction of sp³-hybridized carbons (Fsp3) is 0.467. The van der Waals surface area contributed by atoms with Crippen LogP contribution in [0, 0.1) is 5.92 Å². The van der Waals surface area contributed by atoms with E-state index in [0.29, 0.717) is 74.6 Å². The molecule has 0 aromatic heterocycles. The molecule has 2 heterocycles. The lowest BCUT2D eigenvalue weighted by atomic mass is 9.96. The molecule has 0 radical (unpaired) electrons. The van der Waals surface area contributed by atoms with Gasteiger partial charge >= 0.3 is 12.4 Å². The number of alkyl halides is 6. The number of rotatable bonds is 8. The number of ketones is 1. The predicted molar refractivity (Wildman–Crippen MR) is 151 cm³/mol. The molecule has 0 bridgehead atoms. The maximum Gasteiger partial charge on any atom is 0.418 e. The standard InChI is InChI=1S/C30H33F6N3O3S/c1-19(2)28(41)39-12-8-20(9-13-39)37-21-4-3-5-22(18-21)43-25-7-6-23(24(40)10-11-38-14-16-42-17-15-38)26(29(31,32)33)27(25)30(34,35)36/h3-7,10-11,18-20,37H,8-9,12-17H2,1-2H3. The minimum absolute atomic E-state index is 0.0230. The van der Waals surface area contributed by atoms with Crippen molar-refractivity contribution in [2.75, 3.05) is 44.7 Å². The van der Waals surface area contributed by atoms with Gasteiger partial charge in [0.05, 0.1) is 24.3 Å². The third kappa shape index (κ3) is 8.47. The maximum atomic E-state index is 14.3. The number of carbonyl (C=O) groups is 2. The molecule has 0 atom stereocenters. The summed E-state index contributed by atoms with van der Waals surface area (Å²) in [6, 6.07) is 8.17. The summed E-state index contributed by atoms with van der Waals surface area (Å²) in [5.41, 5.74) is -4.36. The van der Waals surface area contributed by atoms with E-state index >= 15 is 0 Å². The number of morpholine rings is 1. The summed E-state index contributed by atoms with van der Waals surface area (Å²) in [4.78, 5) is 28.1. The number of nitrogens with zero attached hydrogens (tertiary/aromatic N) is 2. The number of hydrogen-bond acceptors (Lipinski definition) is 6. The molecule has 2 fully saturated rings. The van der Waals surface area contributed by atoms with E-state index in [1.165, 1.54) is 12.3 Å². The molecule has 6 nitrogen and oxygen atoms in total. The Bertz CT molecular complexity index is 1330. The minimum Gasteiger partial charge on any atom is -0.382 e. The van der Waals surface area contributed by atoms with Crippen LogP contribution in [0.5, 0.6) is 0 Å². The first-order chi connectivity index (χ1) is 20.2. The van der Waals surface area contributed by atoms with Gasteiger partial charge in [0.2, 0.25) is 5.91 Å². The highest BCUT2D eigenvalue weighted by Crippen LogP contribution is 2.48. The van der Waals surface area contributed by atoms with Crippen molar-refractivity contribution < 1.29 is 40.7 Å². The smallest absolute Gasteiger partial charge is 0.382 e. The molecular weight excluding hydrogens is 596 g/mol. The van der Waals surface area contributed by atoms with E-state index in [9.17, 15) is 35.9 Å². The van der Waals surface area contributed by atoms with E-state index in [1.54, 1.807) is 28.0 Å². The normalized spacial score (nSPS) is 17.1.